The molecular weight excluding hydrogens is 466 g/mol. The Balaban J connectivity index is 2.16. The molecule has 4 rings (SSSR count). The predicted octanol–water partition coefficient (Wildman–Crippen LogP) is 6.01. The Bertz CT molecular complexity index is 1510. The second-order valence-corrected chi connectivity index (χ2v) is 8.66. The summed E-state index contributed by atoms with van der Waals surface area (Å²) in [5.41, 5.74) is 2.75. The SMILES string of the molecule is CCn1nc(-c2ccccc2)c(C(C)=O)c(N(c2cccc(C(C)=O)c2)c2cccc(C(C)=O)c2)c1=O. The maximum absolute atomic E-state index is 13.9. The molecule has 0 aliphatic carbocycles. The molecule has 0 saturated heterocycles. The van der Waals surface area contributed by atoms with Crippen molar-refractivity contribution >= 4 is 34.4 Å². The van der Waals surface area contributed by atoms with E-state index in [0.717, 1.165) is 0 Å². The van der Waals surface area contributed by atoms with Gasteiger partial charge < -0.3 is 4.90 Å². The van der Waals surface area contributed by atoms with E-state index in [1.165, 1.54) is 25.5 Å². The summed E-state index contributed by atoms with van der Waals surface area (Å²) in [7, 11) is 0. The lowest BCUT2D eigenvalue weighted by molar-refractivity contribution is 0.100. The fourth-order valence-electron chi connectivity index (χ4n) is 4.25. The van der Waals surface area contributed by atoms with Crippen molar-refractivity contribution in [2.24, 2.45) is 0 Å². The number of nitrogens with zero attached hydrogens (tertiary/aromatic N) is 3. The van der Waals surface area contributed by atoms with E-state index in [1.54, 1.807) is 60.4 Å². The standard InChI is InChI=1S/C30H27N3O4/c1-5-32-30(37)29(27(21(4)36)28(31-32)22-11-7-6-8-12-22)33(25-15-9-13-23(17-25)19(2)34)26-16-10-14-24(18-26)20(3)35/h6-18H,5H2,1-4H3. The molecule has 0 N–H and O–H groups in total. The summed E-state index contributed by atoms with van der Waals surface area (Å²) < 4.78 is 1.32. The van der Waals surface area contributed by atoms with E-state index in [9.17, 15) is 19.2 Å². The van der Waals surface area contributed by atoms with Gasteiger partial charge >= 0.3 is 0 Å². The van der Waals surface area contributed by atoms with Gasteiger partial charge in [-0.15, -0.1) is 0 Å². The summed E-state index contributed by atoms with van der Waals surface area (Å²) >= 11 is 0. The summed E-state index contributed by atoms with van der Waals surface area (Å²) in [6.07, 6.45) is 0. The van der Waals surface area contributed by atoms with Crippen LogP contribution in [0.25, 0.3) is 11.3 Å². The lowest BCUT2D eigenvalue weighted by atomic mass is 10.00. The lowest BCUT2D eigenvalue weighted by Gasteiger charge is -2.28. The highest BCUT2D eigenvalue weighted by Gasteiger charge is 2.28. The highest BCUT2D eigenvalue weighted by molar-refractivity contribution is 6.07. The monoisotopic (exact) mass is 493 g/mol. The number of carbonyl (C=O) groups excluding carboxylic acids is 3. The Hall–Kier alpha value is -4.65. The van der Waals surface area contributed by atoms with E-state index < -0.39 is 5.56 Å². The van der Waals surface area contributed by atoms with Gasteiger partial charge in [-0.3, -0.25) is 19.2 Å². The molecule has 7 heteroatoms. The predicted molar refractivity (Wildman–Crippen MR) is 144 cm³/mol. The number of rotatable bonds is 8. The van der Waals surface area contributed by atoms with Gasteiger partial charge in [0, 0.05) is 34.6 Å². The van der Waals surface area contributed by atoms with Gasteiger partial charge in [-0.05, 0) is 52.0 Å². The number of anilines is 3. The van der Waals surface area contributed by atoms with Crippen molar-refractivity contribution in [1.82, 2.24) is 9.78 Å². The number of carbonyl (C=O) groups is 3. The van der Waals surface area contributed by atoms with Crippen molar-refractivity contribution in [2.75, 3.05) is 4.90 Å². The fraction of sp³-hybridized carbons (Fsp3) is 0.167. The molecule has 0 bridgehead atoms. The molecule has 0 aliphatic rings. The highest BCUT2D eigenvalue weighted by atomic mass is 16.1. The summed E-state index contributed by atoms with van der Waals surface area (Å²) in [6, 6.07) is 22.9. The molecule has 37 heavy (non-hydrogen) atoms. The Kier molecular flexibility index (Phi) is 7.25. The first-order chi connectivity index (χ1) is 17.7. The van der Waals surface area contributed by atoms with Gasteiger partial charge in [0.25, 0.3) is 5.56 Å². The minimum atomic E-state index is -0.464. The smallest absolute Gasteiger partial charge is 0.291 e. The van der Waals surface area contributed by atoms with Crippen molar-refractivity contribution in [2.45, 2.75) is 34.2 Å². The normalized spacial score (nSPS) is 10.7. The van der Waals surface area contributed by atoms with Gasteiger partial charge in [-0.2, -0.15) is 5.10 Å². The Morgan fingerprint density at radius 1 is 0.757 bits per heavy atom. The average Bonchev–Trinajstić information content (AvgIpc) is 2.90. The van der Waals surface area contributed by atoms with Crippen LogP contribution in [0, 0.1) is 0 Å². The molecule has 186 valence electrons. The van der Waals surface area contributed by atoms with Crippen LogP contribution in [0.2, 0.25) is 0 Å². The highest BCUT2D eigenvalue weighted by Crippen LogP contribution is 2.38. The first-order valence-corrected chi connectivity index (χ1v) is 12.0. The number of aromatic nitrogens is 2. The van der Waals surface area contributed by atoms with Crippen molar-refractivity contribution in [3.8, 4) is 11.3 Å². The van der Waals surface area contributed by atoms with E-state index in [4.69, 9.17) is 0 Å². The third-order valence-corrected chi connectivity index (χ3v) is 6.08. The van der Waals surface area contributed by atoms with Crippen LogP contribution in [-0.4, -0.2) is 27.1 Å². The zero-order valence-corrected chi connectivity index (χ0v) is 21.2. The molecule has 0 radical (unpaired) electrons. The van der Waals surface area contributed by atoms with Crippen LogP contribution in [-0.2, 0) is 6.54 Å². The van der Waals surface area contributed by atoms with E-state index in [0.29, 0.717) is 33.8 Å². The number of ketones is 3. The van der Waals surface area contributed by atoms with Gasteiger partial charge in [-0.1, -0.05) is 54.6 Å². The van der Waals surface area contributed by atoms with Crippen LogP contribution in [0.5, 0.6) is 0 Å². The largest absolute Gasteiger partial charge is 0.305 e. The lowest BCUT2D eigenvalue weighted by Crippen LogP contribution is -2.32. The second-order valence-electron chi connectivity index (χ2n) is 8.66. The minimum Gasteiger partial charge on any atom is -0.305 e. The van der Waals surface area contributed by atoms with Gasteiger partial charge in [0.1, 0.15) is 11.4 Å². The maximum Gasteiger partial charge on any atom is 0.291 e. The average molecular weight is 494 g/mol. The molecular formula is C30H27N3O4. The van der Waals surface area contributed by atoms with Crippen LogP contribution >= 0.6 is 0 Å². The van der Waals surface area contributed by atoms with E-state index in [1.807, 2.05) is 30.3 Å². The number of aryl methyl sites for hydroxylation is 1. The maximum atomic E-state index is 13.9. The molecule has 1 aromatic heterocycles. The Morgan fingerprint density at radius 2 is 1.30 bits per heavy atom. The molecule has 3 aromatic carbocycles. The van der Waals surface area contributed by atoms with Crippen LogP contribution in [0.1, 0.15) is 58.8 Å². The second kappa shape index (κ2) is 10.5. The summed E-state index contributed by atoms with van der Waals surface area (Å²) in [5, 5.41) is 4.55. The summed E-state index contributed by atoms with van der Waals surface area (Å²) in [6.45, 7) is 6.41. The van der Waals surface area contributed by atoms with Crippen LogP contribution in [0.3, 0.4) is 0 Å². The topological polar surface area (TPSA) is 89.3 Å². The van der Waals surface area contributed by atoms with Crippen molar-refractivity contribution in [3.05, 3.63) is 106 Å². The van der Waals surface area contributed by atoms with Gasteiger partial charge in [0.15, 0.2) is 17.3 Å². The molecule has 4 aromatic rings. The third-order valence-electron chi connectivity index (χ3n) is 6.08. The molecule has 1 heterocycles. The molecule has 7 nitrogen and oxygen atoms in total. The first-order valence-electron chi connectivity index (χ1n) is 12.0. The summed E-state index contributed by atoms with van der Waals surface area (Å²) in [5.74, 6) is -0.620. The van der Waals surface area contributed by atoms with Gasteiger partial charge in [0.05, 0.1) is 5.56 Å². The molecule has 0 saturated carbocycles. The van der Waals surface area contributed by atoms with E-state index in [2.05, 4.69) is 5.10 Å². The Labute approximate surface area is 215 Å². The molecule has 0 aliphatic heterocycles. The van der Waals surface area contributed by atoms with Crippen molar-refractivity contribution in [3.63, 3.8) is 0 Å². The van der Waals surface area contributed by atoms with E-state index in [-0.39, 0.29) is 35.1 Å². The molecule has 0 fully saturated rings. The first kappa shape index (κ1) is 25.4. The molecule has 0 atom stereocenters. The zero-order valence-electron chi connectivity index (χ0n) is 21.2. The number of Topliss-reactive ketones (excluding diaryl/α,β-unsaturated/α-hetero) is 3. The fourth-order valence-corrected chi connectivity index (χ4v) is 4.25. The van der Waals surface area contributed by atoms with E-state index >= 15 is 0 Å². The van der Waals surface area contributed by atoms with Crippen molar-refractivity contribution in [1.29, 1.82) is 0 Å². The Morgan fingerprint density at radius 3 is 1.76 bits per heavy atom. The van der Waals surface area contributed by atoms with Gasteiger partial charge in [-0.25, -0.2) is 4.68 Å². The molecule has 0 spiro atoms. The third kappa shape index (κ3) is 5.02. The molecule has 0 unspecified atom stereocenters. The molecule has 0 amide bonds. The quantitative estimate of drug-likeness (QED) is 0.279. The minimum absolute atomic E-state index is 0.101. The summed E-state index contributed by atoms with van der Waals surface area (Å²) in [4.78, 5) is 53.2. The zero-order chi connectivity index (χ0) is 26.7. The number of hydrogen-bond donors (Lipinski definition) is 0. The number of hydrogen-bond acceptors (Lipinski definition) is 6. The van der Waals surface area contributed by atoms with Crippen molar-refractivity contribution < 1.29 is 14.4 Å². The number of benzene rings is 3. The van der Waals surface area contributed by atoms with Crippen LogP contribution in [0.4, 0.5) is 17.1 Å². The van der Waals surface area contributed by atoms with Crippen LogP contribution < -0.4 is 10.5 Å². The van der Waals surface area contributed by atoms with Crippen LogP contribution in [0.15, 0.2) is 83.7 Å². The van der Waals surface area contributed by atoms with Gasteiger partial charge in [0.2, 0.25) is 0 Å².